The summed E-state index contributed by atoms with van der Waals surface area (Å²) < 4.78 is 5.38. The molecule has 13 heavy (non-hydrogen) atoms. The van der Waals surface area contributed by atoms with Gasteiger partial charge >= 0.3 is 0 Å². The molecular formula is C9H21NO3. The summed E-state index contributed by atoms with van der Waals surface area (Å²) in [7, 11) is 0. The number of nitrogens with two attached hydrogens (primary N) is 1. The summed E-state index contributed by atoms with van der Waals surface area (Å²) in [5.74, 6) is 0. The van der Waals surface area contributed by atoms with Crippen LogP contribution in [0.1, 0.15) is 27.7 Å². The van der Waals surface area contributed by atoms with Crippen LogP contribution in [0.3, 0.4) is 0 Å². The summed E-state index contributed by atoms with van der Waals surface area (Å²) in [6.07, 6.45) is -1.47. The van der Waals surface area contributed by atoms with Crippen LogP contribution in [0.25, 0.3) is 0 Å². The van der Waals surface area contributed by atoms with Crippen LogP contribution in [-0.4, -0.2) is 35.3 Å². The summed E-state index contributed by atoms with van der Waals surface area (Å²) >= 11 is 0. The van der Waals surface area contributed by atoms with Crippen LogP contribution in [0.5, 0.6) is 0 Å². The Labute approximate surface area is 79.7 Å². The molecule has 0 bridgehead atoms. The summed E-state index contributed by atoms with van der Waals surface area (Å²) in [6, 6.07) is -0.732. The monoisotopic (exact) mass is 191 g/mol. The smallest absolute Gasteiger partial charge is 0.169 e. The van der Waals surface area contributed by atoms with Crippen LogP contribution in [0.15, 0.2) is 0 Å². The fraction of sp³-hybridized carbons (Fsp3) is 1.00. The van der Waals surface area contributed by atoms with Crippen molar-refractivity contribution >= 4 is 0 Å². The Morgan fingerprint density at radius 3 is 2.08 bits per heavy atom. The molecule has 0 aromatic heterocycles. The first-order chi connectivity index (χ1) is 5.75. The van der Waals surface area contributed by atoms with Crippen LogP contribution in [-0.2, 0) is 4.74 Å². The van der Waals surface area contributed by atoms with Crippen molar-refractivity contribution < 1.29 is 14.9 Å². The lowest BCUT2D eigenvalue weighted by atomic mass is 9.90. The zero-order valence-electron chi connectivity index (χ0n) is 8.82. The predicted molar refractivity (Wildman–Crippen MR) is 51.1 cm³/mol. The highest BCUT2D eigenvalue weighted by Gasteiger charge is 2.22. The molecule has 2 unspecified atom stereocenters. The van der Waals surface area contributed by atoms with E-state index >= 15 is 0 Å². The molecule has 0 rings (SSSR count). The maximum atomic E-state index is 8.69. The molecule has 0 heterocycles. The van der Waals surface area contributed by atoms with Crippen LogP contribution < -0.4 is 5.73 Å². The Kier molecular flexibility index (Phi) is 4.85. The molecule has 2 atom stereocenters. The lowest BCUT2D eigenvalue weighted by Gasteiger charge is -2.28. The largest absolute Gasteiger partial charge is 0.376 e. The average Bonchev–Trinajstić information content (AvgIpc) is 1.97. The molecule has 4 nitrogen and oxygen atoms in total. The van der Waals surface area contributed by atoms with Crippen molar-refractivity contribution in [1.82, 2.24) is 0 Å². The summed E-state index contributed by atoms with van der Waals surface area (Å²) in [5.41, 5.74) is 5.42. The molecule has 0 radical (unpaired) electrons. The highest BCUT2D eigenvalue weighted by atomic mass is 16.5. The van der Waals surface area contributed by atoms with Crippen LogP contribution in [0.2, 0.25) is 0 Å². The standard InChI is InChI=1S/C9H21NO3/c1-6(9(2,3)4)13-5-7(10)8(11)12/h6-8,11-12H,5,10H2,1-4H3. The van der Waals surface area contributed by atoms with E-state index in [-0.39, 0.29) is 18.1 Å². The van der Waals surface area contributed by atoms with E-state index < -0.39 is 12.3 Å². The number of hydrogen-bond acceptors (Lipinski definition) is 4. The maximum Gasteiger partial charge on any atom is 0.169 e. The molecule has 0 fully saturated rings. The fourth-order valence-corrected chi connectivity index (χ4v) is 0.592. The highest BCUT2D eigenvalue weighted by molar-refractivity contribution is 4.71. The Balaban J connectivity index is 3.77. The Morgan fingerprint density at radius 1 is 1.31 bits per heavy atom. The molecule has 0 aliphatic carbocycles. The first-order valence-corrected chi connectivity index (χ1v) is 4.48. The van der Waals surface area contributed by atoms with Gasteiger partial charge in [0, 0.05) is 0 Å². The number of hydrogen-bond donors (Lipinski definition) is 3. The fourth-order valence-electron chi connectivity index (χ4n) is 0.592. The minimum atomic E-state index is -1.51. The van der Waals surface area contributed by atoms with Gasteiger partial charge in [-0.2, -0.15) is 0 Å². The van der Waals surface area contributed by atoms with E-state index in [0.29, 0.717) is 0 Å². The van der Waals surface area contributed by atoms with Gasteiger partial charge in [0.05, 0.1) is 18.8 Å². The number of rotatable bonds is 4. The second-order valence-electron chi connectivity index (χ2n) is 4.42. The molecular weight excluding hydrogens is 170 g/mol. The summed E-state index contributed by atoms with van der Waals surface area (Å²) in [6.45, 7) is 8.27. The van der Waals surface area contributed by atoms with Gasteiger partial charge in [0.15, 0.2) is 6.29 Å². The normalized spacial score (nSPS) is 17.5. The number of ether oxygens (including phenoxy) is 1. The average molecular weight is 191 g/mol. The van der Waals surface area contributed by atoms with Gasteiger partial charge in [-0.15, -0.1) is 0 Å². The van der Waals surface area contributed by atoms with Crippen molar-refractivity contribution in [3.8, 4) is 0 Å². The first-order valence-electron chi connectivity index (χ1n) is 4.48. The van der Waals surface area contributed by atoms with Crippen LogP contribution in [0, 0.1) is 5.41 Å². The molecule has 0 aromatic carbocycles. The molecule has 0 aliphatic rings. The Bertz CT molecular complexity index is 142. The summed E-state index contributed by atoms with van der Waals surface area (Å²) in [5, 5.41) is 17.4. The molecule has 0 saturated carbocycles. The minimum absolute atomic E-state index is 0.0392. The van der Waals surface area contributed by atoms with Gasteiger partial charge in [-0.3, -0.25) is 0 Å². The van der Waals surface area contributed by atoms with Crippen molar-refractivity contribution in [2.75, 3.05) is 6.61 Å². The van der Waals surface area contributed by atoms with Gasteiger partial charge in [-0.25, -0.2) is 0 Å². The van der Waals surface area contributed by atoms with Crippen molar-refractivity contribution in [1.29, 1.82) is 0 Å². The third kappa shape index (κ3) is 5.21. The maximum absolute atomic E-state index is 8.69. The lowest BCUT2D eigenvalue weighted by molar-refractivity contribution is -0.0933. The second kappa shape index (κ2) is 4.91. The van der Waals surface area contributed by atoms with Crippen LogP contribution in [0.4, 0.5) is 0 Å². The zero-order valence-corrected chi connectivity index (χ0v) is 8.82. The first kappa shape index (κ1) is 12.8. The topological polar surface area (TPSA) is 75.7 Å². The molecule has 0 amide bonds. The molecule has 0 spiro atoms. The Hall–Kier alpha value is -0.160. The number of aliphatic hydroxyl groups excluding tert-OH is 1. The summed E-state index contributed by atoms with van der Waals surface area (Å²) in [4.78, 5) is 0. The van der Waals surface area contributed by atoms with E-state index in [4.69, 9.17) is 20.7 Å². The molecule has 0 aliphatic heterocycles. The highest BCUT2D eigenvalue weighted by Crippen LogP contribution is 2.21. The lowest BCUT2D eigenvalue weighted by Crippen LogP contribution is -2.41. The third-order valence-electron chi connectivity index (χ3n) is 2.14. The van der Waals surface area contributed by atoms with Gasteiger partial charge in [0.1, 0.15) is 0 Å². The quantitative estimate of drug-likeness (QED) is 0.550. The second-order valence-corrected chi connectivity index (χ2v) is 4.42. The van der Waals surface area contributed by atoms with Crippen molar-refractivity contribution in [3.63, 3.8) is 0 Å². The van der Waals surface area contributed by atoms with E-state index in [1.807, 2.05) is 6.92 Å². The van der Waals surface area contributed by atoms with E-state index in [1.165, 1.54) is 0 Å². The third-order valence-corrected chi connectivity index (χ3v) is 2.14. The number of aliphatic hydroxyl groups is 2. The molecule has 0 aromatic rings. The van der Waals surface area contributed by atoms with Gasteiger partial charge in [-0.05, 0) is 12.3 Å². The van der Waals surface area contributed by atoms with Crippen molar-refractivity contribution in [3.05, 3.63) is 0 Å². The minimum Gasteiger partial charge on any atom is -0.376 e. The van der Waals surface area contributed by atoms with Crippen molar-refractivity contribution in [2.45, 2.75) is 46.1 Å². The van der Waals surface area contributed by atoms with Crippen molar-refractivity contribution in [2.24, 2.45) is 11.1 Å². The van der Waals surface area contributed by atoms with E-state index in [2.05, 4.69) is 20.8 Å². The van der Waals surface area contributed by atoms with Gasteiger partial charge < -0.3 is 20.7 Å². The Morgan fingerprint density at radius 2 is 1.77 bits per heavy atom. The van der Waals surface area contributed by atoms with Crippen LogP contribution >= 0.6 is 0 Å². The van der Waals surface area contributed by atoms with Gasteiger partial charge in [0.25, 0.3) is 0 Å². The van der Waals surface area contributed by atoms with Gasteiger partial charge in [0.2, 0.25) is 0 Å². The van der Waals surface area contributed by atoms with E-state index in [0.717, 1.165) is 0 Å². The van der Waals surface area contributed by atoms with E-state index in [1.54, 1.807) is 0 Å². The van der Waals surface area contributed by atoms with Gasteiger partial charge in [-0.1, -0.05) is 20.8 Å². The van der Waals surface area contributed by atoms with E-state index in [9.17, 15) is 0 Å². The molecule has 4 heteroatoms. The molecule has 0 saturated heterocycles. The SMILES string of the molecule is CC(OCC(N)C(O)O)C(C)(C)C. The predicted octanol–water partition coefficient (Wildman–Crippen LogP) is 0.0756. The molecule has 80 valence electrons. The zero-order chi connectivity index (χ0) is 10.6. The molecule has 4 N–H and O–H groups in total.